The highest BCUT2D eigenvalue weighted by Gasteiger charge is 2.19. The van der Waals surface area contributed by atoms with Crippen LogP contribution in [0.4, 0.5) is 5.69 Å². The van der Waals surface area contributed by atoms with Gasteiger partial charge in [-0.25, -0.2) is 4.79 Å². The Bertz CT molecular complexity index is 390. The molecule has 0 amide bonds. The number of rotatable bonds is 3. The summed E-state index contributed by atoms with van der Waals surface area (Å²) in [4.78, 5) is 11.9. The molecular weight excluding hydrogens is 230 g/mol. The fraction of sp³-hybridized carbons (Fsp3) is 0.500. The number of anilines is 1. The van der Waals surface area contributed by atoms with Crippen molar-refractivity contribution >= 4 is 11.7 Å². The number of carbonyl (C=O) groups is 1. The van der Waals surface area contributed by atoms with E-state index in [9.17, 15) is 4.79 Å². The topological polar surface area (TPSA) is 49.8 Å². The van der Waals surface area contributed by atoms with Crippen molar-refractivity contribution in [3.63, 3.8) is 0 Å². The van der Waals surface area contributed by atoms with E-state index in [1.54, 1.807) is 0 Å². The van der Waals surface area contributed by atoms with Gasteiger partial charge in [0.2, 0.25) is 0 Å². The molecule has 0 spiro atoms. The molecule has 1 heterocycles. The Morgan fingerprint density at radius 3 is 2.61 bits per heavy atom. The zero-order valence-corrected chi connectivity index (χ0v) is 11.2. The Balaban J connectivity index is 0.000000232. The van der Waals surface area contributed by atoms with E-state index < -0.39 is 5.97 Å². The second-order valence-electron chi connectivity index (χ2n) is 4.49. The summed E-state index contributed by atoms with van der Waals surface area (Å²) in [7, 11) is 1.34. The Kier molecular flexibility index (Phi) is 5.65. The van der Waals surface area contributed by atoms with Gasteiger partial charge < -0.3 is 14.7 Å². The van der Waals surface area contributed by atoms with Crippen molar-refractivity contribution in [1.29, 1.82) is 0 Å². The molecule has 1 aromatic carbocycles. The average molecular weight is 251 g/mol. The molecule has 100 valence electrons. The molecule has 0 unspecified atom stereocenters. The molecule has 1 aromatic rings. The first-order valence-electron chi connectivity index (χ1n) is 6.11. The van der Waals surface area contributed by atoms with Crippen molar-refractivity contribution in [2.45, 2.75) is 26.3 Å². The van der Waals surface area contributed by atoms with Gasteiger partial charge in [0.05, 0.1) is 0 Å². The zero-order chi connectivity index (χ0) is 13.5. The van der Waals surface area contributed by atoms with Crippen molar-refractivity contribution in [2.24, 2.45) is 0 Å². The number of fused-ring (bicyclic) bond motifs is 1. The highest BCUT2D eigenvalue weighted by molar-refractivity contribution is 5.67. The average Bonchev–Trinajstić information content (AvgIpc) is 2.73. The minimum atomic E-state index is -0.933. The lowest BCUT2D eigenvalue weighted by Gasteiger charge is -2.23. The van der Waals surface area contributed by atoms with Gasteiger partial charge in [0, 0.05) is 25.4 Å². The Labute approximate surface area is 108 Å². The molecule has 0 saturated heterocycles. The number of ether oxygens (including phenoxy) is 1. The van der Waals surface area contributed by atoms with E-state index in [1.807, 2.05) is 0 Å². The summed E-state index contributed by atoms with van der Waals surface area (Å²) < 4.78 is 4.20. The molecule has 0 aliphatic carbocycles. The number of hydrogen-bond acceptors (Lipinski definition) is 3. The predicted octanol–water partition coefficient (Wildman–Crippen LogP) is 2.17. The SMILES string of the molecule is CC(C)N1CCc2ccccc21.COCC(=O)O. The molecule has 0 bridgehead atoms. The number of methoxy groups -OCH3 is 1. The third-order valence-corrected chi connectivity index (χ3v) is 2.81. The van der Waals surface area contributed by atoms with Crippen LogP contribution in [0, 0.1) is 0 Å². The second-order valence-corrected chi connectivity index (χ2v) is 4.49. The maximum atomic E-state index is 9.47. The van der Waals surface area contributed by atoms with Gasteiger partial charge in [-0.1, -0.05) is 18.2 Å². The van der Waals surface area contributed by atoms with Gasteiger partial charge in [0.1, 0.15) is 6.61 Å². The van der Waals surface area contributed by atoms with E-state index in [0.29, 0.717) is 6.04 Å². The van der Waals surface area contributed by atoms with Gasteiger partial charge in [0.25, 0.3) is 0 Å². The maximum Gasteiger partial charge on any atom is 0.329 e. The van der Waals surface area contributed by atoms with Crippen LogP contribution >= 0.6 is 0 Å². The van der Waals surface area contributed by atoms with E-state index in [4.69, 9.17) is 5.11 Å². The number of carboxylic acids is 1. The number of carboxylic acid groups (broad SMARTS) is 1. The van der Waals surface area contributed by atoms with Crippen LogP contribution in [0.25, 0.3) is 0 Å². The lowest BCUT2D eigenvalue weighted by atomic mass is 10.2. The molecule has 0 radical (unpaired) electrons. The summed E-state index contributed by atoms with van der Waals surface area (Å²) in [6.07, 6.45) is 1.22. The number of hydrogen-bond donors (Lipinski definition) is 1. The standard InChI is InChI=1S/C11H15N.C3H6O3/c1-9(2)12-8-7-10-5-3-4-6-11(10)12;1-6-2-3(4)5/h3-6,9H,7-8H2,1-2H3;2H2,1H3,(H,4,5). The normalized spacial score (nSPS) is 13.0. The predicted molar refractivity (Wildman–Crippen MR) is 72.1 cm³/mol. The summed E-state index contributed by atoms with van der Waals surface area (Å²) in [6, 6.07) is 9.34. The Morgan fingerprint density at radius 2 is 2.11 bits per heavy atom. The summed E-state index contributed by atoms with van der Waals surface area (Å²) in [5, 5.41) is 7.79. The van der Waals surface area contributed by atoms with Crippen molar-refractivity contribution < 1.29 is 14.6 Å². The van der Waals surface area contributed by atoms with Crippen LogP contribution in [-0.2, 0) is 16.0 Å². The van der Waals surface area contributed by atoms with Crippen molar-refractivity contribution in [1.82, 2.24) is 0 Å². The third kappa shape index (κ3) is 4.04. The molecule has 0 saturated carbocycles. The summed E-state index contributed by atoms with van der Waals surface area (Å²) in [6.45, 7) is 5.49. The molecular formula is C14H21NO3. The zero-order valence-electron chi connectivity index (χ0n) is 11.2. The van der Waals surface area contributed by atoms with Gasteiger partial charge in [-0.2, -0.15) is 0 Å². The van der Waals surface area contributed by atoms with Crippen LogP contribution in [0.5, 0.6) is 0 Å². The number of benzene rings is 1. The first kappa shape index (κ1) is 14.5. The number of nitrogens with zero attached hydrogens (tertiary/aromatic N) is 1. The van der Waals surface area contributed by atoms with Crippen molar-refractivity contribution in [3.05, 3.63) is 29.8 Å². The largest absolute Gasteiger partial charge is 0.480 e. The minimum Gasteiger partial charge on any atom is -0.480 e. The lowest BCUT2D eigenvalue weighted by Crippen LogP contribution is -2.28. The van der Waals surface area contributed by atoms with E-state index >= 15 is 0 Å². The smallest absolute Gasteiger partial charge is 0.329 e. The number of para-hydroxylation sites is 1. The fourth-order valence-electron chi connectivity index (χ4n) is 2.02. The van der Waals surface area contributed by atoms with Gasteiger partial charge in [0.15, 0.2) is 0 Å². The Hall–Kier alpha value is -1.55. The van der Waals surface area contributed by atoms with E-state index in [1.165, 1.54) is 31.3 Å². The Morgan fingerprint density at radius 1 is 1.44 bits per heavy atom. The van der Waals surface area contributed by atoms with Crippen LogP contribution in [0.3, 0.4) is 0 Å². The first-order valence-corrected chi connectivity index (χ1v) is 6.11. The quantitative estimate of drug-likeness (QED) is 0.894. The van der Waals surface area contributed by atoms with Crippen LogP contribution in [0.2, 0.25) is 0 Å². The highest BCUT2D eigenvalue weighted by Crippen LogP contribution is 2.28. The molecule has 18 heavy (non-hydrogen) atoms. The summed E-state index contributed by atoms with van der Waals surface area (Å²) >= 11 is 0. The van der Waals surface area contributed by atoms with Crippen LogP contribution in [0.1, 0.15) is 19.4 Å². The maximum absolute atomic E-state index is 9.47. The lowest BCUT2D eigenvalue weighted by molar-refractivity contribution is -0.141. The molecule has 1 N–H and O–H groups in total. The summed E-state index contributed by atoms with van der Waals surface area (Å²) in [5.41, 5.74) is 2.94. The van der Waals surface area contributed by atoms with Crippen LogP contribution in [0.15, 0.2) is 24.3 Å². The molecule has 0 aromatic heterocycles. The molecule has 4 nitrogen and oxygen atoms in total. The van der Waals surface area contributed by atoms with E-state index in [0.717, 1.165) is 0 Å². The molecule has 1 aliphatic rings. The summed E-state index contributed by atoms with van der Waals surface area (Å²) in [5.74, 6) is -0.933. The van der Waals surface area contributed by atoms with Crippen molar-refractivity contribution in [3.8, 4) is 0 Å². The molecule has 4 heteroatoms. The van der Waals surface area contributed by atoms with Gasteiger partial charge >= 0.3 is 5.97 Å². The monoisotopic (exact) mass is 251 g/mol. The highest BCUT2D eigenvalue weighted by atomic mass is 16.5. The van der Waals surface area contributed by atoms with Crippen molar-refractivity contribution in [2.75, 3.05) is 25.2 Å². The first-order chi connectivity index (χ1) is 8.56. The third-order valence-electron chi connectivity index (χ3n) is 2.81. The van der Waals surface area contributed by atoms with Crippen LogP contribution < -0.4 is 4.90 Å². The van der Waals surface area contributed by atoms with E-state index in [2.05, 4.69) is 47.7 Å². The van der Waals surface area contributed by atoms with Gasteiger partial charge in [-0.3, -0.25) is 0 Å². The van der Waals surface area contributed by atoms with Crippen LogP contribution in [-0.4, -0.2) is 37.4 Å². The van der Waals surface area contributed by atoms with Gasteiger partial charge in [-0.15, -0.1) is 0 Å². The molecule has 2 rings (SSSR count). The van der Waals surface area contributed by atoms with Gasteiger partial charge in [-0.05, 0) is 31.9 Å². The van der Waals surface area contributed by atoms with E-state index in [-0.39, 0.29) is 6.61 Å². The second kappa shape index (κ2) is 7.01. The minimum absolute atomic E-state index is 0.208. The molecule has 0 atom stereocenters. The number of aliphatic carboxylic acids is 1. The molecule has 0 fully saturated rings. The fourth-order valence-corrected chi connectivity index (χ4v) is 2.02. The molecule has 1 aliphatic heterocycles.